The number of nitrogens with zero attached hydrogens (tertiary/aromatic N) is 4. The molecule has 0 saturated carbocycles. The zero-order valence-electron chi connectivity index (χ0n) is 25.1. The van der Waals surface area contributed by atoms with Gasteiger partial charge in [-0.15, -0.1) is 0 Å². The average molecular weight is 597 g/mol. The summed E-state index contributed by atoms with van der Waals surface area (Å²) in [6, 6.07) is 47.3. The molecule has 9 rings (SSSR count). The molecule has 6 nitrogen and oxygen atoms in total. The van der Waals surface area contributed by atoms with Crippen LogP contribution in [0.25, 0.3) is 56.2 Å². The molecule has 46 heavy (non-hydrogen) atoms. The number of benzene rings is 6. The van der Waals surface area contributed by atoms with E-state index < -0.39 is 0 Å². The summed E-state index contributed by atoms with van der Waals surface area (Å²) in [4.78, 5) is 15.1. The molecule has 220 valence electrons. The third-order valence-corrected chi connectivity index (χ3v) is 8.63. The lowest BCUT2D eigenvalue weighted by Gasteiger charge is -2.39. The second-order valence-corrected chi connectivity index (χ2v) is 11.3. The van der Waals surface area contributed by atoms with Gasteiger partial charge in [-0.3, -0.25) is 0 Å². The van der Waals surface area contributed by atoms with Crippen molar-refractivity contribution in [1.29, 1.82) is 0 Å². The molecule has 0 saturated heterocycles. The molecule has 0 atom stereocenters. The third kappa shape index (κ3) is 3.97. The van der Waals surface area contributed by atoms with E-state index in [1.807, 2.05) is 78.9 Å². The van der Waals surface area contributed by atoms with Crippen LogP contribution in [0.15, 0.2) is 148 Å². The summed E-state index contributed by atoms with van der Waals surface area (Å²) >= 11 is 0. The van der Waals surface area contributed by atoms with Gasteiger partial charge in [0.15, 0.2) is 11.2 Å². The number of para-hydroxylation sites is 4. The van der Waals surface area contributed by atoms with E-state index in [9.17, 15) is 0 Å². The molecule has 1 aliphatic rings. The number of rotatable bonds is 5. The van der Waals surface area contributed by atoms with E-state index in [2.05, 4.69) is 77.4 Å². The van der Waals surface area contributed by atoms with Gasteiger partial charge in [-0.05, 0) is 61.0 Å². The van der Waals surface area contributed by atoms with Gasteiger partial charge in [0.05, 0.1) is 28.3 Å². The van der Waals surface area contributed by atoms with Gasteiger partial charge in [0.1, 0.15) is 16.7 Å². The minimum atomic E-state index is 0.540. The van der Waals surface area contributed by atoms with E-state index in [1.165, 1.54) is 0 Å². The summed E-state index contributed by atoms with van der Waals surface area (Å²) in [7, 11) is 0. The van der Waals surface area contributed by atoms with E-state index in [4.69, 9.17) is 18.8 Å². The molecule has 0 amide bonds. The van der Waals surface area contributed by atoms with Crippen LogP contribution in [0.3, 0.4) is 0 Å². The molecule has 0 unspecified atom stereocenters. The van der Waals surface area contributed by atoms with Gasteiger partial charge in [0.2, 0.25) is 11.8 Å². The van der Waals surface area contributed by atoms with Crippen LogP contribution in [0.2, 0.25) is 0 Å². The third-order valence-electron chi connectivity index (χ3n) is 8.63. The van der Waals surface area contributed by atoms with E-state index in [-0.39, 0.29) is 0 Å². The second kappa shape index (κ2) is 10.5. The summed E-state index contributed by atoms with van der Waals surface area (Å²) in [5, 5.41) is 0. The van der Waals surface area contributed by atoms with Crippen molar-refractivity contribution >= 4 is 50.6 Å². The van der Waals surface area contributed by atoms with Gasteiger partial charge in [-0.25, -0.2) is 9.97 Å². The van der Waals surface area contributed by atoms with Crippen LogP contribution < -0.4 is 9.80 Å². The molecular formula is C40H28N4O2. The maximum Gasteiger partial charge on any atom is 0.227 e. The van der Waals surface area contributed by atoms with E-state index in [0.717, 1.165) is 62.8 Å². The highest BCUT2D eigenvalue weighted by atomic mass is 16.4. The highest BCUT2D eigenvalue weighted by molar-refractivity contribution is 6.19. The first-order chi connectivity index (χ1) is 22.8. The molecular weight excluding hydrogens is 568 g/mol. The van der Waals surface area contributed by atoms with Crippen LogP contribution in [-0.2, 0) is 0 Å². The highest BCUT2D eigenvalue weighted by Gasteiger charge is 2.35. The van der Waals surface area contributed by atoms with Crippen LogP contribution in [0.1, 0.15) is 6.92 Å². The topological polar surface area (TPSA) is 58.5 Å². The maximum absolute atomic E-state index is 6.86. The fourth-order valence-electron chi connectivity index (χ4n) is 6.61. The van der Waals surface area contributed by atoms with Crippen LogP contribution in [0, 0.1) is 0 Å². The number of oxazole rings is 2. The van der Waals surface area contributed by atoms with Gasteiger partial charge in [-0.1, -0.05) is 91.0 Å². The van der Waals surface area contributed by atoms with Crippen molar-refractivity contribution in [2.24, 2.45) is 0 Å². The zero-order valence-corrected chi connectivity index (χ0v) is 25.1. The van der Waals surface area contributed by atoms with Crippen molar-refractivity contribution < 1.29 is 8.83 Å². The van der Waals surface area contributed by atoms with Crippen LogP contribution in [0.5, 0.6) is 0 Å². The lowest BCUT2D eigenvalue weighted by molar-refractivity contribution is 0.618. The largest absolute Gasteiger partial charge is 0.435 e. The quantitative estimate of drug-likeness (QED) is 0.197. The molecule has 2 aromatic heterocycles. The Kier molecular flexibility index (Phi) is 5.99. The van der Waals surface area contributed by atoms with Crippen LogP contribution >= 0.6 is 0 Å². The fraction of sp³-hybridized carbons (Fsp3) is 0.0500. The molecule has 3 heterocycles. The zero-order chi connectivity index (χ0) is 30.6. The number of hydrogen-bond donors (Lipinski definition) is 0. The maximum atomic E-state index is 6.86. The Morgan fingerprint density at radius 2 is 0.913 bits per heavy atom. The molecule has 0 N–H and O–H groups in total. The number of aromatic nitrogens is 2. The molecule has 0 radical (unpaired) electrons. The first-order valence-corrected chi connectivity index (χ1v) is 15.5. The van der Waals surface area contributed by atoms with Gasteiger partial charge in [0, 0.05) is 17.7 Å². The monoisotopic (exact) mass is 596 g/mol. The van der Waals surface area contributed by atoms with E-state index in [0.29, 0.717) is 28.5 Å². The van der Waals surface area contributed by atoms with E-state index in [1.54, 1.807) is 0 Å². The summed E-state index contributed by atoms with van der Waals surface area (Å²) in [5.74, 6) is 1.08. The minimum absolute atomic E-state index is 0.540. The van der Waals surface area contributed by atoms with Crippen molar-refractivity contribution in [3.63, 3.8) is 0 Å². The van der Waals surface area contributed by atoms with Gasteiger partial charge in [0.25, 0.3) is 0 Å². The predicted molar refractivity (Wildman–Crippen MR) is 185 cm³/mol. The number of fused-ring (bicyclic) bond motifs is 4. The Labute approximate surface area is 265 Å². The minimum Gasteiger partial charge on any atom is -0.435 e. The lowest BCUT2D eigenvalue weighted by Crippen LogP contribution is -2.27. The molecule has 1 aliphatic heterocycles. The second-order valence-electron chi connectivity index (χ2n) is 11.3. The molecule has 0 aliphatic carbocycles. The van der Waals surface area contributed by atoms with Crippen LogP contribution in [0.4, 0.5) is 28.4 Å². The normalized spacial score (nSPS) is 12.5. The Bertz CT molecular complexity index is 2220. The van der Waals surface area contributed by atoms with Crippen molar-refractivity contribution in [3.8, 4) is 34.0 Å². The molecule has 6 aromatic carbocycles. The average Bonchev–Trinajstić information content (AvgIpc) is 3.77. The smallest absolute Gasteiger partial charge is 0.227 e. The summed E-state index contributed by atoms with van der Waals surface area (Å²) in [5.41, 5.74) is 11.4. The Hall–Kier alpha value is -6.14. The standard InChI is InChI=1S/C40H28N4O2/c1-2-43-29-22-12-14-24-31(29)44(32-25-15-13-23-30(32)43)36-35-37(45-40(42-35)28-20-10-5-11-21-28)33(26-16-6-3-7-17-26)34-38(36)46-39(41-34)27-18-8-4-9-19-27/h3-25H,2H2,1H3. The SMILES string of the molecule is CCN1c2ccccc2N(c2c3nc(-c4ccccc4)oc3c(-c3ccccc3)c3nc(-c4ccccc4)oc23)c2ccccc21. The molecule has 0 fully saturated rings. The predicted octanol–water partition coefficient (Wildman–Crippen LogP) is 10.9. The molecule has 6 heteroatoms. The summed E-state index contributed by atoms with van der Waals surface area (Å²) in [6.07, 6.45) is 0. The Balaban J connectivity index is 1.45. The van der Waals surface area contributed by atoms with Crippen LogP contribution in [-0.4, -0.2) is 16.5 Å². The molecule has 0 bridgehead atoms. The highest BCUT2D eigenvalue weighted by Crippen LogP contribution is 2.55. The number of hydrogen-bond acceptors (Lipinski definition) is 6. The summed E-state index contributed by atoms with van der Waals surface area (Å²) < 4.78 is 13.6. The number of anilines is 5. The molecule has 8 aromatic rings. The first-order valence-electron chi connectivity index (χ1n) is 15.5. The fourth-order valence-corrected chi connectivity index (χ4v) is 6.61. The Morgan fingerprint density at radius 3 is 1.43 bits per heavy atom. The molecule has 0 spiro atoms. The van der Waals surface area contributed by atoms with Crippen molar-refractivity contribution in [1.82, 2.24) is 9.97 Å². The van der Waals surface area contributed by atoms with Gasteiger partial charge in [-0.2, -0.15) is 0 Å². The Morgan fingerprint density at radius 1 is 0.478 bits per heavy atom. The van der Waals surface area contributed by atoms with E-state index >= 15 is 0 Å². The lowest BCUT2D eigenvalue weighted by atomic mass is 10.00. The summed E-state index contributed by atoms with van der Waals surface area (Å²) in [6.45, 7) is 3.00. The first kappa shape index (κ1) is 26.3. The van der Waals surface area contributed by atoms with Crippen molar-refractivity contribution in [3.05, 3.63) is 140 Å². The van der Waals surface area contributed by atoms with Crippen molar-refractivity contribution in [2.75, 3.05) is 16.3 Å². The van der Waals surface area contributed by atoms with Gasteiger partial charge >= 0.3 is 0 Å². The van der Waals surface area contributed by atoms with Gasteiger partial charge < -0.3 is 18.6 Å². The van der Waals surface area contributed by atoms with Crippen molar-refractivity contribution in [2.45, 2.75) is 6.92 Å².